The third-order valence-electron chi connectivity index (χ3n) is 5.35. The Kier molecular flexibility index (Phi) is 5.94. The number of anilines is 1. The third kappa shape index (κ3) is 4.19. The highest BCUT2D eigenvalue weighted by Crippen LogP contribution is 2.23. The van der Waals surface area contributed by atoms with Crippen molar-refractivity contribution in [2.75, 3.05) is 44.4 Å². The Morgan fingerprint density at radius 3 is 2.66 bits per heavy atom. The van der Waals surface area contributed by atoms with Gasteiger partial charge in [-0.05, 0) is 30.5 Å². The number of methoxy groups -OCH3 is 1. The molecular formula is C22H26N4O2S. The summed E-state index contributed by atoms with van der Waals surface area (Å²) < 4.78 is 7.40. The summed E-state index contributed by atoms with van der Waals surface area (Å²) in [5, 5.41) is 0. The highest BCUT2D eigenvalue weighted by atomic mass is 32.2. The van der Waals surface area contributed by atoms with Crippen molar-refractivity contribution in [3.8, 4) is 5.75 Å². The molecule has 1 aliphatic heterocycles. The highest BCUT2D eigenvalue weighted by molar-refractivity contribution is 7.97. The Morgan fingerprint density at radius 1 is 1.10 bits per heavy atom. The zero-order valence-corrected chi connectivity index (χ0v) is 17.7. The lowest BCUT2D eigenvalue weighted by atomic mass is 10.2. The second kappa shape index (κ2) is 8.78. The third-order valence-corrected chi connectivity index (χ3v) is 5.90. The molecule has 2 heterocycles. The molecule has 0 N–H and O–H groups in total. The zero-order valence-electron chi connectivity index (χ0n) is 16.9. The molecule has 3 aromatic rings. The van der Waals surface area contributed by atoms with Gasteiger partial charge in [0.15, 0.2) is 0 Å². The molecule has 1 aromatic heterocycles. The molecule has 4 rings (SSSR count). The van der Waals surface area contributed by atoms with Crippen molar-refractivity contribution in [2.24, 2.45) is 0 Å². The first-order valence-electron chi connectivity index (χ1n) is 9.79. The lowest BCUT2D eigenvalue weighted by Crippen LogP contribution is -2.49. The summed E-state index contributed by atoms with van der Waals surface area (Å²) in [5.41, 5.74) is 3.12. The van der Waals surface area contributed by atoms with Crippen LogP contribution in [-0.2, 0) is 17.1 Å². The lowest BCUT2D eigenvalue weighted by Gasteiger charge is -2.36. The normalized spacial score (nSPS) is 14.4. The van der Waals surface area contributed by atoms with Crippen molar-refractivity contribution in [2.45, 2.75) is 12.3 Å². The Bertz CT molecular complexity index is 995. The Hall–Kier alpha value is -2.67. The summed E-state index contributed by atoms with van der Waals surface area (Å²) in [6, 6.07) is 16.1. The molecule has 1 aliphatic rings. The molecule has 0 bridgehead atoms. The van der Waals surface area contributed by atoms with Gasteiger partial charge in [-0.1, -0.05) is 18.2 Å². The summed E-state index contributed by atoms with van der Waals surface area (Å²) in [5.74, 6) is 2.77. The van der Waals surface area contributed by atoms with E-state index >= 15 is 0 Å². The fourth-order valence-corrected chi connectivity index (χ4v) is 4.28. The van der Waals surface area contributed by atoms with E-state index in [0.29, 0.717) is 6.54 Å². The molecule has 1 fully saturated rings. The number of rotatable bonds is 6. The Balaban J connectivity index is 1.44. The number of fused-ring (bicyclic) bond motifs is 1. The van der Waals surface area contributed by atoms with Crippen LogP contribution in [0.2, 0.25) is 0 Å². The van der Waals surface area contributed by atoms with Gasteiger partial charge in [0, 0.05) is 37.9 Å². The summed E-state index contributed by atoms with van der Waals surface area (Å²) in [7, 11) is 1.68. The number of carbonyl (C=O) groups is 1. The van der Waals surface area contributed by atoms with Crippen LogP contribution in [0.3, 0.4) is 0 Å². The number of imidazole rings is 1. The molecule has 0 radical (unpaired) electrons. The molecule has 29 heavy (non-hydrogen) atoms. The van der Waals surface area contributed by atoms with Gasteiger partial charge in [-0.3, -0.25) is 4.79 Å². The van der Waals surface area contributed by atoms with Crippen LogP contribution in [0.1, 0.15) is 5.82 Å². The number of hydrogen-bond donors (Lipinski definition) is 0. The standard InChI is InChI=1S/C22H26N4O2S/c1-28-18-7-5-6-17(14-18)24-10-12-25(13-11-24)22(27)15-26-20-9-4-3-8-19(20)23-21(26)16-29-2/h3-9,14H,10-13,15-16H2,1-2H3. The van der Waals surface area contributed by atoms with E-state index in [2.05, 4.69) is 21.8 Å². The summed E-state index contributed by atoms with van der Waals surface area (Å²) in [6.45, 7) is 3.43. The van der Waals surface area contributed by atoms with Gasteiger partial charge < -0.3 is 19.1 Å². The maximum atomic E-state index is 13.0. The lowest BCUT2D eigenvalue weighted by molar-refractivity contribution is -0.132. The number of nitrogens with zero attached hydrogens (tertiary/aromatic N) is 4. The molecule has 2 aromatic carbocycles. The van der Waals surface area contributed by atoms with Gasteiger partial charge in [0.05, 0.1) is 23.9 Å². The van der Waals surface area contributed by atoms with Crippen molar-refractivity contribution < 1.29 is 9.53 Å². The van der Waals surface area contributed by atoms with Crippen molar-refractivity contribution >= 4 is 34.4 Å². The molecule has 0 saturated carbocycles. The van der Waals surface area contributed by atoms with Crippen LogP contribution in [0.25, 0.3) is 11.0 Å². The smallest absolute Gasteiger partial charge is 0.242 e. The van der Waals surface area contributed by atoms with E-state index in [4.69, 9.17) is 9.72 Å². The van der Waals surface area contributed by atoms with Crippen molar-refractivity contribution in [3.05, 3.63) is 54.4 Å². The molecule has 0 atom stereocenters. The predicted octanol–water partition coefficient (Wildman–Crippen LogP) is 3.26. The fourth-order valence-electron chi connectivity index (χ4n) is 3.80. The zero-order chi connectivity index (χ0) is 20.2. The minimum absolute atomic E-state index is 0.154. The first kappa shape index (κ1) is 19.6. The first-order valence-corrected chi connectivity index (χ1v) is 11.2. The molecular weight excluding hydrogens is 384 g/mol. The summed E-state index contributed by atoms with van der Waals surface area (Å²) in [6.07, 6.45) is 2.06. The minimum Gasteiger partial charge on any atom is -0.497 e. The van der Waals surface area contributed by atoms with Gasteiger partial charge in [0.1, 0.15) is 18.1 Å². The summed E-state index contributed by atoms with van der Waals surface area (Å²) >= 11 is 1.72. The maximum Gasteiger partial charge on any atom is 0.242 e. The minimum atomic E-state index is 0.154. The van der Waals surface area contributed by atoms with Gasteiger partial charge in [0.25, 0.3) is 0 Å². The molecule has 0 spiro atoms. The second-order valence-electron chi connectivity index (χ2n) is 7.11. The number of aromatic nitrogens is 2. The van der Waals surface area contributed by atoms with Gasteiger partial charge in [-0.15, -0.1) is 0 Å². The van der Waals surface area contributed by atoms with Crippen molar-refractivity contribution in [1.29, 1.82) is 0 Å². The number of benzene rings is 2. The average molecular weight is 411 g/mol. The number of thioether (sulfide) groups is 1. The fraction of sp³-hybridized carbons (Fsp3) is 0.364. The molecule has 7 heteroatoms. The highest BCUT2D eigenvalue weighted by Gasteiger charge is 2.23. The number of carbonyl (C=O) groups excluding carboxylic acids is 1. The molecule has 152 valence electrons. The van der Waals surface area contributed by atoms with E-state index in [-0.39, 0.29) is 5.91 Å². The van der Waals surface area contributed by atoms with E-state index in [9.17, 15) is 4.79 Å². The van der Waals surface area contributed by atoms with Crippen molar-refractivity contribution in [1.82, 2.24) is 14.5 Å². The largest absolute Gasteiger partial charge is 0.497 e. The number of hydrogen-bond acceptors (Lipinski definition) is 5. The Morgan fingerprint density at radius 2 is 1.90 bits per heavy atom. The van der Waals surface area contributed by atoms with Gasteiger partial charge in [-0.25, -0.2) is 4.98 Å². The second-order valence-corrected chi connectivity index (χ2v) is 7.97. The monoisotopic (exact) mass is 410 g/mol. The van der Waals surface area contributed by atoms with Gasteiger partial charge in [0.2, 0.25) is 5.91 Å². The Labute approximate surface area is 175 Å². The number of para-hydroxylation sites is 2. The van der Waals surface area contributed by atoms with Crippen LogP contribution < -0.4 is 9.64 Å². The van der Waals surface area contributed by atoms with Crippen LogP contribution in [0.15, 0.2) is 48.5 Å². The molecule has 6 nitrogen and oxygen atoms in total. The van der Waals surface area contributed by atoms with E-state index in [1.807, 2.05) is 47.4 Å². The van der Waals surface area contributed by atoms with Crippen LogP contribution >= 0.6 is 11.8 Å². The number of piperazine rings is 1. The van der Waals surface area contributed by atoms with E-state index in [1.54, 1.807) is 18.9 Å². The molecule has 0 aliphatic carbocycles. The van der Waals surface area contributed by atoms with E-state index < -0.39 is 0 Å². The van der Waals surface area contributed by atoms with E-state index in [0.717, 1.165) is 60.2 Å². The quantitative estimate of drug-likeness (QED) is 0.624. The first-order chi connectivity index (χ1) is 14.2. The SMILES string of the molecule is COc1cccc(N2CCN(C(=O)Cn3c(CSC)nc4ccccc43)CC2)c1. The van der Waals surface area contributed by atoms with Crippen LogP contribution in [0.4, 0.5) is 5.69 Å². The van der Waals surface area contributed by atoms with Crippen molar-refractivity contribution in [3.63, 3.8) is 0 Å². The predicted molar refractivity (Wildman–Crippen MR) is 119 cm³/mol. The topological polar surface area (TPSA) is 50.6 Å². The molecule has 1 amide bonds. The van der Waals surface area contributed by atoms with Crippen LogP contribution in [-0.4, -0.2) is 59.9 Å². The van der Waals surface area contributed by atoms with Gasteiger partial charge >= 0.3 is 0 Å². The average Bonchev–Trinajstić information content (AvgIpc) is 3.11. The summed E-state index contributed by atoms with van der Waals surface area (Å²) in [4.78, 5) is 22.0. The van der Waals surface area contributed by atoms with Crippen LogP contribution in [0, 0.1) is 0 Å². The van der Waals surface area contributed by atoms with E-state index in [1.165, 1.54) is 0 Å². The van der Waals surface area contributed by atoms with Gasteiger partial charge in [-0.2, -0.15) is 11.8 Å². The number of amides is 1. The van der Waals surface area contributed by atoms with Crippen LogP contribution in [0.5, 0.6) is 5.75 Å². The maximum absolute atomic E-state index is 13.0. The molecule has 1 saturated heterocycles. The molecule has 0 unspecified atom stereocenters. The number of ether oxygens (including phenoxy) is 1.